The molecule has 0 spiro atoms. The average molecular weight is 247 g/mol. The number of methoxy groups -OCH3 is 1. The molecule has 5 heteroatoms. The lowest BCUT2D eigenvalue weighted by molar-refractivity contribution is -0.0166. The van der Waals surface area contributed by atoms with Gasteiger partial charge in [0.05, 0.1) is 32.5 Å². The SMILES string of the molecule is COCCOCC(O)CN1CCCCC1CO. The molecule has 2 N–H and O–H groups in total. The van der Waals surface area contributed by atoms with Crippen LogP contribution >= 0.6 is 0 Å². The molecule has 1 fully saturated rings. The van der Waals surface area contributed by atoms with Gasteiger partial charge >= 0.3 is 0 Å². The third kappa shape index (κ3) is 5.79. The van der Waals surface area contributed by atoms with Crippen molar-refractivity contribution in [1.29, 1.82) is 0 Å². The molecule has 17 heavy (non-hydrogen) atoms. The fourth-order valence-corrected chi connectivity index (χ4v) is 2.19. The van der Waals surface area contributed by atoms with E-state index in [2.05, 4.69) is 4.90 Å². The van der Waals surface area contributed by atoms with Crippen molar-refractivity contribution in [3.63, 3.8) is 0 Å². The van der Waals surface area contributed by atoms with Crippen LogP contribution in [-0.2, 0) is 9.47 Å². The summed E-state index contributed by atoms with van der Waals surface area (Å²) in [5, 5.41) is 19.1. The number of nitrogens with zero attached hydrogens (tertiary/aromatic N) is 1. The molecule has 0 aliphatic carbocycles. The van der Waals surface area contributed by atoms with Gasteiger partial charge in [0.15, 0.2) is 0 Å². The summed E-state index contributed by atoms with van der Waals surface area (Å²) in [4.78, 5) is 2.16. The Kier molecular flexibility index (Phi) is 7.72. The van der Waals surface area contributed by atoms with Crippen LogP contribution in [0.3, 0.4) is 0 Å². The molecule has 0 amide bonds. The number of hydrogen-bond donors (Lipinski definition) is 2. The molecule has 1 aliphatic heterocycles. The fraction of sp³-hybridized carbons (Fsp3) is 1.00. The molecule has 2 unspecified atom stereocenters. The monoisotopic (exact) mass is 247 g/mol. The first-order valence-electron chi connectivity index (χ1n) is 6.37. The van der Waals surface area contributed by atoms with Gasteiger partial charge in [-0.05, 0) is 19.4 Å². The van der Waals surface area contributed by atoms with Gasteiger partial charge in [-0.15, -0.1) is 0 Å². The van der Waals surface area contributed by atoms with Crippen LogP contribution in [0.4, 0.5) is 0 Å². The van der Waals surface area contributed by atoms with Crippen molar-refractivity contribution in [1.82, 2.24) is 4.90 Å². The highest BCUT2D eigenvalue weighted by atomic mass is 16.5. The minimum Gasteiger partial charge on any atom is -0.395 e. The number of likely N-dealkylation sites (tertiary alicyclic amines) is 1. The number of aliphatic hydroxyl groups is 2. The van der Waals surface area contributed by atoms with Crippen molar-refractivity contribution in [2.24, 2.45) is 0 Å². The standard InChI is InChI=1S/C12H25NO4/c1-16-6-7-17-10-12(15)8-13-5-3-2-4-11(13)9-14/h11-12,14-15H,2-10H2,1H3. The number of aliphatic hydroxyl groups excluding tert-OH is 2. The van der Waals surface area contributed by atoms with Crippen LogP contribution in [0.2, 0.25) is 0 Å². The molecule has 0 aromatic carbocycles. The second kappa shape index (κ2) is 8.83. The van der Waals surface area contributed by atoms with E-state index in [4.69, 9.17) is 9.47 Å². The molecule has 0 aromatic rings. The summed E-state index contributed by atoms with van der Waals surface area (Å²) in [6, 6.07) is 0.206. The van der Waals surface area contributed by atoms with Gasteiger partial charge in [0, 0.05) is 19.7 Å². The molecular weight excluding hydrogens is 222 g/mol. The van der Waals surface area contributed by atoms with Gasteiger partial charge in [0.25, 0.3) is 0 Å². The van der Waals surface area contributed by atoms with Gasteiger partial charge in [-0.25, -0.2) is 0 Å². The largest absolute Gasteiger partial charge is 0.395 e. The quantitative estimate of drug-likeness (QED) is 0.584. The predicted molar refractivity (Wildman–Crippen MR) is 65.0 cm³/mol. The predicted octanol–water partition coefficient (Wildman–Crippen LogP) is -0.143. The number of hydrogen-bond acceptors (Lipinski definition) is 5. The Morgan fingerprint density at radius 3 is 2.88 bits per heavy atom. The van der Waals surface area contributed by atoms with Gasteiger partial charge in [0.1, 0.15) is 0 Å². The molecule has 0 aromatic heterocycles. The van der Waals surface area contributed by atoms with E-state index in [1.807, 2.05) is 0 Å². The van der Waals surface area contributed by atoms with E-state index >= 15 is 0 Å². The Morgan fingerprint density at radius 1 is 1.35 bits per heavy atom. The van der Waals surface area contributed by atoms with Gasteiger partial charge in [-0.2, -0.15) is 0 Å². The fourth-order valence-electron chi connectivity index (χ4n) is 2.19. The first kappa shape index (κ1) is 14.9. The van der Waals surface area contributed by atoms with Crippen molar-refractivity contribution < 1.29 is 19.7 Å². The van der Waals surface area contributed by atoms with E-state index in [-0.39, 0.29) is 12.6 Å². The van der Waals surface area contributed by atoms with E-state index < -0.39 is 6.10 Å². The Hall–Kier alpha value is -0.200. The lowest BCUT2D eigenvalue weighted by atomic mass is 10.0. The summed E-state index contributed by atoms with van der Waals surface area (Å²) in [5.41, 5.74) is 0. The van der Waals surface area contributed by atoms with Crippen LogP contribution in [-0.4, -0.2) is 73.9 Å². The summed E-state index contributed by atoms with van der Waals surface area (Å²) in [7, 11) is 1.62. The molecule has 2 atom stereocenters. The summed E-state index contributed by atoms with van der Waals surface area (Å²) in [6.45, 7) is 3.11. The van der Waals surface area contributed by atoms with Gasteiger partial charge < -0.3 is 19.7 Å². The maximum absolute atomic E-state index is 9.82. The number of rotatable bonds is 8. The molecule has 1 aliphatic rings. The van der Waals surface area contributed by atoms with Crippen molar-refractivity contribution >= 4 is 0 Å². The van der Waals surface area contributed by atoms with Crippen molar-refractivity contribution in [3.05, 3.63) is 0 Å². The normalized spacial score (nSPS) is 23.8. The molecular formula is C12H25NO4. The van der Waals surface area contributed by atoms with Crippen LogP contribution in [0.15, 0.2) is 0 Å². The Labute approximate surface area is 103 Å². The zero-order chi connectivity index (χ0) is 12.5. The molecule has 0 saturated carbocycles. The number of piperidine rings is 1. The maximum Gasteiger partial charge on any atom is 0.0900 e. The molecule has 5 nitrogen and oxygen atoms in total. The van der Waals surface area contributed by atoms with E-state index in [0.717, 1.165) is 19.4 Å². The third-order valence-electron chi connectivity index (χ3n) is 3.15. The smallest absolute Gasteiger partial charge is 0.0900 e. The summed E-state index contributed by atoms with van der Waals surface area (Å²) in [5.74, 6) is 0. The van der Waals surface area contributed by atoms with Crippen LogP contribution in [0, 0.1) is 0 Å². The highest BCUT2D eigenvalue weighted by Gasteiger charge is 2.23. The molecule has 102 valence electrons. The van der Waals surface area contributed by atoms with Crippen LogP contribution < -0.4 is 0 Å². The minimum absolute atomic E-state index is 0.178. The molecule has 1 rings (SSSR count). The second-order valence-electron chi connectivity index (χ2n) is 4.55. The lowest BCUT2D eigenvalue weighted by Crippen LogP contribution is -2.46. The zero-order valence-corrected chi connectivity index (χ0v) is 10.7. The first-order valence-corrected chi connectivity index (χ1v) is 6.37. The maximum atomic E-state index is 9.82. The van der Waals surface area contributed by atoms with Gasteiger partial charge in [-0.1, -0.05) is 6.42 Å². The Bertz CT molecular complexity index is 191. The van der Waals surface area contributed by atoms with Crippen molar-refractivity contribution in [2.45, 2.75) is 31.4 Å². The van der Waals surface area contributed by atoms with Crippen molar-refractivity contribution in [3.8, 4) is 0 Å². The van der Waals surface area contributed by atoms with Crippen LogP contribution in [0.1, 0.15) is 19.3 Å². The Morgan fingerprint density at radius 2 is 2.18 bits per heavy atom. The topological polar surface area (TPSA) is 62.2 Å². The van der Waals surface area contributed by atoms with E-state index in [1.54, 1.807) is 7.11 Å². The van der Waals surface area contributed by atoms with Crippen LogP contribution in [0.25, 0.3) is 0 Å². The minimum atomic E-state index is -0.487. The van der Waals surface area contributed by atoms with E-state index in [0.29, 0.717) is 26.4 Å². The Balaban J connectivity index is 2.16. The molecule has 1 saturated heterocycles. The zero-order valence-electron chi connectivity index (χ0n) is 10.7. The number of β-amino-alcohol motifs (C(OH)–C–C–N with tert-alkyl or cyclic N) is 1. The number of ether oxygens (including phenoxy) is 2. The third-order valence-corrected chi connectivity index (χ3v) is 3.15. The molecule has 0 bridgehead atoms. The van der Waals surface area contributed by atoms with Crippen LogP contribution in [0.5, 0.6) is 0 Å². The van der Waals surface area contributed by atoms with E-state index in [1.165, 1.54) is 6.42 Å². The molecule has 1 heterocycles. The first-order chi connectivity index (χ1) is 8.27. The van der Waals surface area contributed by atoms with E-state index in [9.17, 15) is 10.2 Å². The highest BCUT2D eigenvalue weighted by Crippen LogP contribution is 2.16. The lowest BCUT2D eigenvalue weighted by Gasteiger charge is -2.35. The van der Waals surface area contributed by atoms with Gasteiger partial charge in [0.2, 0.25) is 0 Å². The van der Waals surface area contributed by atoms with Gasteiger partial charge in [-0.3, -0.25) is 4.90 Å². The second-order valence-corrected chi connectivity index (χ2v) is 4.55. The van der Waals surface area contributed by atoms with Crippen molar-refractivity contribution in [2.75, 3.05) is 46.6 Å². The highest BCUT2D eigenvalue weighted by molar-refractivity contribution is 4.78. The summed E-state index contributed by atoms with van der Waals surface area (Å²) in [6.07, 6.45) is 2.85. The average Bonchev–Trinajstić information content (AvgIpc) is 2.35. The molecule has 0 radical (unpaired) electrons. The summed E-state index contributed by atoms with van der Waals surface area (Å²) >= 11 is 0. The summed E-state index contributed by atoms with van der Waals surface area (Å²) < 4.78 is 10.1.